The van der Waals surface area contributed by atoms with E-state index < -0.39 is 11.6 Å². The number of hydrogen-bond donors (Lipinski definition) is 1. The van der Waals surface area contributed by atoms with Gasteiger partial charge in [0.15, 0.2) is 11.6 Å². The second-order valence-electron chi connectivity index (χ2n) is 5.07. The summed E-state index contributed by atoms with van der Waals surface area (Å²) in [5.74, 6) is -1.47. The molecule has 0 saturated carbocycles. The van der Waals surface area contributed by atoms with E-state index in [-0.39, 0.29) is 23.3 Å². The summed E-state index contributed by atoms with van der Waals surface area (Å²) in [6.45, 7) is 4.06. The molecule has 0 aromatic heterocycles. The van der Waals surface area contributed by atoms with Crippen molar-refractivity contribution in [1.29, 1.82) is 5.26 Å². The zero-order valence-corrected chi connectivity index (χ0v) is 11.1. The molecule has 1 fully saturated rings. The Morgan fingerprint density at radius 3 is 2.21 bits per heavy atom. The van der Waals surface area contributed by atoms with E-state index in [9.17, 15) is 8.78 Å². The predicted molar refractivity (Wildman–Crippen MR) is 69.3 cm³/mol. The largest absolute Gasteiger partial charge is 0.313 e. The van der Waals surface area contributed by atoms with Crippen molar-refractivity contribution in [2.45, 2.75) is 45.2 Å². The van der Waals surface area contributed by atoms with E-state index in [0.717, 1.165) is 31.4 Å². The number of nitrogens with one attached hydrogen (secondary N) is 1. The van der Waals surface area contributed by atoms with Gasteiger partial charge in [-0.3, -0.25) is 0 Å². The highest BCUT2D eigenvalue weighted by atomic mass is 19.1. The standard InChI is InChI=1S/C14H17F2N3/c1-9-4-3-5-10(2)19(9)18-14-12(15)6-11(8-17)7-13(14)16/h6-7,9-10,18H,3-5H2,1-2H3. The quantitative estimate of drug-likeness (QED) is 0.890. The van der Waals surface area contributed by atoms with Gasteiger partial charge in [0.1, 0.15) is 5.69 Å². The number of hydrazine groups is 1. The van der Waals surface area contributed by atoms with E-state index in [1.54, 1.807) is 6.07 Å². The molecule has 1 N–H and O–H groups in total. The first kappa shape index (κ1) is 13.8. The van der Waals surface area contributed by atoms with Crippen LogP contribution in [0.5, 0.6) is 0 Å². The zero-order valence-electron chi connectivity index (χ0n) is 11.1. The molecule has 0 aliphatic carbocycles. The Labute approximate surface area is 111 Å². The zero-order chi connectivity index (χ0) is 14.0. The van der Waals surface area contributed by atoms with Gasteiger partial charge in [-0.2, -0.15) is 5.26 Å². The van der Waals surface area contributed by atoms with Gasteiger partial charge >= 0.3 is 0 Å². The van der Waals surface area contributed by atoms with Crippen LogP contribution in [0, 0.1) is 23.0 Å². The Morgan fingerprint density at radius 2 is 1.74 bits per heavy atom. The second kappa shape index (κ2) is 5.54. The number of anilines is 1. The minimum atomic E-state index is -0.735. The number of halogens is 2. The average molecular weight is 265 g/mol. The summed E-state index contributed by atoms with van der Waals surface area (Å²) in [5.41, 5.74) is 2.65. The van der Waals surface area contributed by atoms with Crippen molar-refractivity contribution in [2.24, 2.45) is 0 Å². The maximum atomic E-state index is 13.8. The first-order chi connectivity index (χ1) is 9.02. The average Bonchev–Trinajstić information content (AvgIpc) is 2.36. The van der Waals surface area contributed by atoms with E-state index in [0.29, 0.717) is 0 Å². The molecule has 3 nitrogen and oxygen atoms in total. The number of hydrogen-bond acceptors (Lipinski definition) is 3. The highest BCUT2D eigenvalue weighted by Gasteiger charge is 2.26. The van der Waals surface area contributed by atoms with Gasteiger partial charge < -0.3 is 5.43 Å². The Balaban J connectivity index is 2.26. The Kier molecular flexibility index (Phi) is 4.01. The van der Waals surface area contributed by atoms with E-state index in [1.807, 2.05) is 18.9 Å². The molecule has 0 radical (unpaired) electrons. The van der Waals surface area contributed by atoms with Crippen molar-refractivity contribution in [1.82, 2.24) is 5.01 Å². The highest BCUT2D eigenvalue weighted by molar-refractivity contribution is 5.49. The number of rotatable bonds is 2. The Hall–Kier alpha value is -1.67. The molecule has 1 aliphatic rings. The van der Waals surface area contributed by atoms with Crippen LogP contribution in [-0.4, -0.2) is 17.1 Å². The second-order valence-corrected chi connectivity index (χ2v) is 5.07. The summed E-state index contributed by atoms with van der Waals surface area (Å²) < 4.78 is 27.7. The molecule has 2 unspecified atom stereocenters. The predicted octanol–water partition coefficient (Wildman–Crippen LogP) is 3.43. The molecule has 1 heterocycles. The summed E-state index contributed by atoms with van der Waals surface area (Å²) in [6.07, 6.45) is 3.12. The van der Waals surface area contributed by atoms with E-state index in [4.69, 9.17) is 5.26 Å². The van der Waals surface area contributed by atoms with Crippen molar-refractivity contribution in [3.63, 3.8) is 0 Å². The lowest BCUT2D eigenvalue weighted by molar-refractivity contribution is 0.134. The molecule has 1 aliphatic heterocycles. The Morgan fingerprint density at radius 1 is 1.21 bits per heavy atom. The van der Waals surface area contributed by atoms with Crippen LogP contribution in [0.4, 0.5) is 14.5 Å². The monoisotopic (exact) mass is 265 g/mol. The van der Waals surface area contributed by atoms with Gasteiger partial charge in [0.25, 0.3) is 0 Å². The molecule has 2 rings (SSSR count). The van der Waals surface area contributed by atoms with Crippen LogP contribution in [0.25, 0.3) is 0 Å². The number of nitriles is 1. The van der Waals surface area contributed by atoms with Crippen LogP contribution in [0.2, 0.25) is 0 Å². The lowest BCUT2D eigenvalue weighted by atomic mass is 10.00. The van der Waals surface area contributed by atoms with Crippen molar-refractivity contribution in [3.8, 4) is 6.07 Å². The smallest absolute Gasteiger partial charge is 0.151 e. The fraction of sp³-hybridized carbons (Fsp3) is 0.500. The molecule has 5 heteroatoms. The molecule has 1 aromatic carbocycles. The van der Waals surface area contributed by atoms with Crippen molar-refractivity contribution in [3.05, 3.63) is 29.3 Å². The van der Waals surface area contributed by atoms with Crippen LogP contribution in [0.15, 0.2) is 12.1 Å². The lowest BCUT2D eigenvalue weighted by Crippen LogP contribution is -2.47. The van der Waals surface area contributed by atoms with Gasteiger partial charge in [-0.15, -0.1) is 0 Å². The van der Waals surface area contributed by atoms with E-state index in [1.165, 1.54) is 0 Å². The van der Waals surface area contributed by atoms with Gasteiger partial charge in [-0.1, -0.05) is 6.42 Å². The van der Waals surface area contributed by atoms with Gasteiger partial charge in [0.2, 0.25) is 0 Å². The molecular weight excluding hydrogens is 248 g/mol. The fourth-order valence-electron chi connectivity index (χ4n) is 2.52. The van der Waals surface area contributed by atoms with Crippen LogP contribution >= 0.6 is 0 Å². The van der Waals surface area contributed by atoms with E-state index in [2.05, 4.69) is 5.43 Å². The first-order valence-electron chi connectivity index (χ1n) is 6.47. The lowest BCUT2D eigenvalue weighted by Gasteiger charge is -2.39. The SMILES string of the molecule is CC1CCCC(C)N1Nc1c(F)cc(C#N)cc1F. The Bertz CT molecular complexity index is 477. The van der Waals surface area contributed by atoms with Crippen LogP contribution in [-0.2, 0) is 0 Å². The van der Waals surface area contributed by atoms with E-state index >= 15 is 0 Å². The number of piperidine rings is 1. The normalized spacial score (nSPS) is 23.9. The third kappa shape index (κ3) is 2.85. The summed E-state index contributed by atoms with van der Waals surface area (Å²) in [5, 5.41) is 10.6. The molecule has 102 valence electrons. The summed E-state index contributed by atoms with van der Waals surface area (Å²) in [6, 6.07) is 4.27. The van der Waals surface area contributed by atoms with Gasteiger partial charge in [0, 0.05) is 12.1 Å². The van der Waals surface area contributed by atoms with Gasteiger partial charge in [0.05, 0.1) is 11.6 Å². The number of nitrogens with zero attached hydrogens (tertiary/aromatic N) is 2. The molecule has 1 saturated heterocycles. The van der Waals surface area contributed by atoms with Crippen LogP contribution in [0.3, 0.4) is 0 Å². The molecule has 0 bridgehead atoms. The number of benzene rings is 1. The topological polar surface area (TPSA) is 39.1 Å². The third-order valence-electron chi connectivity index (χ3n) is 3.61. The summed E-state index contributed by atoms with van der Waals surface area (Å²) in [7, 11) is 0. The maximum absolute atomic E-state index is 13.8. The molecule has 2 atom stereocenters. The van der Waals surface area contributed by atoms with Crippen LogP contribution < -0.4 is 5.43 Å². The van der Waals surface area contributed by atoms with Crippen molar-refractivity contribution >= 4 is 5.69 Å². The third-order valence-corrected chi connectivity index (χ3v) is 3.61. The van der Waals surface area contributed by atoms with Crippen molar-refractivity contribution in [2.75, 3.05) is 5.43 Å². The van der Waals surface area contributed by atoms with Gasteiger partial charge in [-0.05, 0) is 38.8 Å². The molecule has 19 heavy (non-hydrogen) atoms. The fourth-order valence-corrected chi connectivity index (χ4v) is 2.52. The van der Waals surface area contributed by atoms with Crippen LogP contribution in [0.1, 0.15) is 38.7 Å². The highest BCUT2D eigenvalue weighted by Crippen LogP contribution is 2.27. The van der Waals surface area contributed by atoms with Gasteiger partial charge in [-0.25, -0.2) is 13.8 Å². The summed E-state index contributed by atoms with van der Waals surface area (Å²) in [4.78, 5) is 0. The van der Waals surface area contributed by atoms with Crippen molar-refractivity contribution < 1.29 is 8.78 Å². The first-order valence-corrected chi connectivity index (χ1v) is 6.47. The minimum Gasteiger partial charge on any atom is -0.313 e. The molecule has 1 aromatic rings. The molecule has 0 amide bonds. The molecular formula is C14H17F2N3. The maximum Gasteiger partial charge on any atom is 0.151 e. The summed E-state index contributed by atoms with van der Waals surface area (Å²) >= 11 is 0. The molecule has 0 spiro atoms. The minimum absolute atomic E-state index is 0.0136.